The second kappa shape index (κ2) is 6.66. The summed E-state index contributed by atoms with van der Waals surface area (Å²) < 4.78 is 28.4. The Morgan fingerprint density at radius 1 is 1.33 bits per heavy atom. The van der Waals surface area contributed by atoms with E-state index in [1.807, 2.05) is 20.8 Å². The quantitative estimate of drug-likeness (QED) is 0.638. The molecule has 0 saturated heterocycles. The molecule has 1 N–H and O–H groups in total. The number of aliphatic carboxylic acids is 1. The minimum Gasteiger partial charge on any atom is -0.493 e. The summed E-state index contributed by atoms with van der Waals surface area (Å²) in [6, 6.07) is 4.43. The Labute approximate surface area is 129 Å². The second-order valence-corrected chi connectivity index (χ2v) is 8.26. The Kier molecular flexibility index (Phi) is 5.64. The third kappa shape index (κ3) is 5.55. The molecule has 0 amide bonds. The number of benzene rings is 1. The van der Waals surface area contributed by atoms with Gasteiger partial charge in [0.1, 0.15) is 5.75 Å². The number of carboxylic acid groups (broad SMARTS) is 1. The number of halogens is 1. The van der Waals surface area contributed by atoms with Crippen molar-refractivity contribution in [2.24, 2.45) is 0 Å². The maximum Gasteiger partial charge on any atom is 0.303 e. The molecule has 0 saturated carbocycles. The third-order valence-corrected chi connectivity index (χ3v) is 4.18. The first-order valence-corrected chi connectivity index (χ1v) is 8.76. The molecule has 0 unspecified atom stereocenters. The zero-order valence-corrected chi connectivity index (χ0v) is 13.8. The fourth-order valence-corrected chi connectivity index (χ4v) is 2.56. The maximum atomic E-state index is 11.4. The summed E-state index contributed by atoms with van der Waals surface area (Å²) in [6.07, 6.45) is 0.410. The van der Waals surface area contributed by atoms with Gasteiger partial charge in [-0.25, -0.2) is 8.42 Å². The molecule has 1 aromatic carbocycles. The van der Waals surface area contributed by atoms with E-state index in [-0.39, 0.29) is 23.3 Å². The van der Waals surface area contributed by atoms with Crippen LogP contribution in [0.4, 0.5) is 0 Å². The van der Waals surface area contributed by atoms with E-state index in [9.17, 15) is 13.2 Å². The standard InChI is InChI=1S/C14H19ClO5S/c1-14(2,3)11-9-10(21(15,18)19)6-7-12(11)20-8-4-5-13(16)17/h6-7,9H,4-5,8H2,1-3H3,(H,16,17). The van der Waals surface area contributed by atoms with Crippen LogP contribution in [0.25, 0.3) is 0 Å². The van der Waals surface area contributed by atoms with Crippen molar-refractivity contribution >= 4 is 25.7 Å². The smallest absolute Gasteiger partial charge is 0.303 e. The van der Waals surface area contributed by atoms with E-state index in [0.717, 1.165) is 0 Å². The van der Waals surface area contributed by atoms with Crippen LogP contribution in [-0.4, -0.2) is 26.1 Å². The van der Waals surface area contributed by atoms with Crippen molar-refractivity contribution in [2.45, 2.75) is 43.9 Å². The first-order chi connectivity index (χ1) is 9.51. The van der Waals surface area contributed by atoms with Crippen LogP contribution in [0.1, 0.15) is 39.2 Å². The zero-order chi connectivity index (χ0) is 16.3. The minimum absolute atomic E-state index is 0.0203. The highest BCUT2D eigenvalue weighted by atomic mass is 35.7. The van der Waals surface area contributed by atoms with E-state index in [0.29, 0.717) is 17.7 Å². The molecule has 0 spiro atoms. The molecular formula is C14H19ClO5S. The van der Waals surface area contributed by atoms with Crippen LogP contribution in [0.2, 0.25) is 0 Å². The number of ether oxygens (including phenoxy) is 1. The van der Waals surface area contributed by atoms with Crippen molar-refractivity contribution < 1.29 is 23.1 Å². The monoisotopic (exact) mass is 334 g/mol. The van der Waals surface area contributed by atoms with Crippen LogP contribution < -0.4 is 4.74 Å². The lowest BCUT2D eigenvalue weighted by Gasteiger charge is -2.23. The molecular weight excluding hydrogens is 316 g/mol. The molecule has 0 fully saturated rings. The van der Waals surface area contributed by atoms with Crippen molar-refractivity contribution in [3.8, 4) is 5.75 Å². The molecule has 0 aliphatic carbocycles. The van der Waals surface area contributed by atoms with E-state index < -0.39 is 15.0 Å². The molecule has 0 aliphatic heterocycles. The average molecular weight is 335 g/mol. The van der Waals surface area contributed by atoms with E-state index in [4.69, 9.17) is 20.5 Å². The minimum atomic E-state index is -3.80. The molecule has 0 radical (unpaired) electrons. The normalized spacial score (nSPS) is 12.2. The number of rotatable bonds is 6. The average Bonchev–Trinajstić information content (AvgIpc) is 2.32. The lowest BCUT2D eigenvalue weighted by molar-refractivity contribution is -0.137. The van der Waals surface area contributed by atoms with Crippen molar-refractivity contribution in [3.05, 3.63) is 23.8 Å². The zero-order valence-electron chi connectivity index (χ0n) is 12.2. The molecule has 7 heteroatoms. The van der Waals surface area contributed by atoms with Crippen LogP contribution in [0.3, 0.4) is 0 Å². The lowest BCUT2D eigenvalue weighted by atomic mass is 9.86. The number of hydrogen-bond acceptors (Lipinski definition) is 4. The summed E-state index contributed by atoms with van der Waals surface area (Å²) in [5.41, 5.74) is 0.374. The predicted molar refractivity (Wildman–Crippen MR) is 80.5 cm³/mol. The Morgan fingerprint density at radius 2 is 1.95 bits per heavy atom. The van der Waals surface area contributed by atoms with Gasteiger partial charge in [0, 0.05) is 22.7 Å². The fourth-order valence-electron chi connectivity index (χ4n) is 1.78. The van der Waals surface area contributed by atoms with Crippen LogP contribution in [0.5, 0.6) is 5.75 Å². The van der Waals surface area contributed by atoms with E-state index in [2.05, 4.69) is 0 Å². The van der Waals surface area contributed by atoms with Gasteiger partial charge < -0.3 is 9.84 Å². The SMILES string of the molecule is CC(C)(C)c1cc(S(=O)(=O)Cl)ccc1OCCCC(=O)O. The molecule has 1 rings (SSSR count). The third-order valence-electron chi connectivity index (χ3n) is 2.83. The lowest BCUT2D eigenvalue weighted by Crippen LogP contribution is -2.15. The molecule has 0 bridgehead atoms. The van der Waals surface area contributed by atoms with Gasteiger partial charge in [0.25, 0.3) is 9.05 Å². The van der Waals surface area contributed by atoms with Crippen molar-refractivity contribution in [2.75, 3.05) is 6.61 Å². The van der Waals surface area contributed by atoms with Crippen molar-refractivity contribution in [1.82, 2.24) is 0 Å². The van der Waals surface area contributed by atoms with Gasteiger partial charge in [-0.1, -0.05) is 20.8 Å². The summed E-state index contributed by atoms with van der Waals surface area (Å²) in [7, 11) is 1.56. The van der Waals surface area contributed by atoms with Crippen LogP contribution in [0, 0.1) is 0 Å². The topological polar surface area (TPSA) is 80.7 Å². The molecule has 118 valence electrons. The Hall–Kier alpha value is -1.27. The van der Waals surface area contributed by atoms with Gasteiger partial charge in [0.2, 0.25) is 0 Å². The molecule has 0 heterocycles. The van der Waals surface area contributed by atoms with Gasteiger partial charge in [0.05, 0.1) is 11.5 Å². The van der Waals surface area contributed by atoms with Crippen LogP contribution >= 0.6 is 10.7 Å². The Balaban J connectivity index is 3.01. The molecule has 0 aromatic heterocycles. The van der Waals surface area contributed by atoms with E-state index in [1.54, 1.807) is 6.07 Å². The molecule has 5 nitrogen and oxygen atoms in total. The van der Waals surface area contributed by atoms with Crippen molar-refractivity contribution in [3.63, 3.8) is 0 Å². The van der Waals surface area contributed by atoms with Crippen LogP contribution in [-0.2, 0) is 19.3 Å². The summed E-state index contributed by atoms with van der Waals surface area (Å²) in [4.78, 5) is 10.5. The Bertz CT molecular complexity index is 617. The highest BCUT2D eigenvalue weighted by Gasteiger charge is 2.22. The summed E-state index contributed by atoms with van der Waals surface area (Å²) in [5, 5.41) is 8.58. The molecule has 1 aromatic rings. The summed E-state index contributed by atoms with van der Waals surface area (Å²) in [6.45, 7) is 6.04. The van der Waals surface area contributed by atoms with E-state index >= 15 is 0 Å². The molecule has 21 heavy (non-hydrogen) atoms. The largest absolute Gasteiger partial charge is 0.493 e. The van der Waals surface area contributed by atoms with Gasteiger partial charge in [-0.2, -0.15) is 0 Å². The van der Waals surface area contributed by atoms with Gasteiger partial charge in [-0.3, -0.25) is 4.79 Å². The highest BCUT2D eigenvalue weighted by molar-refractivity contribution is 8.13. The Morgan fingerprint density at radius 3 is 2.43 bits per heavy atom. The van der Waals surface area contributed by atoms with Gasteiger partial charge in [0.15, 0.2) is 0 Å². The van der Waals surface area contributed by atoms with Gasteiger partial charge in [-0.05, 0) is 30.0 Å². The fraction of sp³-hybridized carbons (Fsp3) is 0.500. The number of carboxylic acids is 1. The highest BCUT2D eigenvalue weighted by Crippen LogP contribution is 2.34. The van der Waals surface area contributed by atoms with E-state index in [1.165, 1.54) is 12.1 Å². The summed E-state index contributed by atoms with van der Waals surface area (Å²) >= 11 is 0. The first-order valence-electron chi connectivity index (χ1n) is 6.45. The second-order valence-electron chi connectivity index (χ2n) is 5.69. The number of carbonyl (C=O) groups is 1. The summed E-state index contributed by atoms with van der Waals surface area (Å²) in [5.74, 6) is -0.338. The molecule has 0 atom stereocenters. The van der Waals surface area contributed by atoms with Crippen molar-refractivity contribution in [1.29, 1.82) is 0 Å². The molecule has 0 aliphatic rings. The maximum absolute atomic E-state index is 11.4. The number of hydrogen-bond donors (Lipinski definition) is 1. The first kappa shape index (κ1) is 17.8. The predicted octanol–water partition coefficient (Wildman–Crippen LogP) is 3.16. The van der Waals surface area contributed by atoms with Gasteiger partial charge >= 0.3 is 5.97 Å². The van der Waals surface area contributed by atoms with Gasteiger partial charge in [-0.15, -0.1) is 0 Å². The van der Waals surface area contributed by atoms with Crippen LogP contribution in [0.15, 0.2) is 23.1 Å².